The van der Waals surface area contributed by atoms with Gasteiger partial charge in [0.05, 0.1) is 21.3 Å². The zero-order valence-electron chi connectivity index (χ0n) is 11.8. The van der Waals surface area contributed by atoms with Gasteiger partial charge in [0.15, 0.2) is 0 Å². The lowest BCUT2D eigenvalue weighted by Crippen LogP contribution is -2.28. The van der Waals surface area contributed by atoms with Crippen LogP contribution in [0.1, 0.15) is 28.9 Å². The van der Waals surface area contributed by atoms with Crippen LogP contribution < -0.4 is 16.0 Å². The highest BCUT2D eigenvalue weighted by molar-refractivity contribution is 7.18. The third-order valence-electron chi connectivity index (χ3n) is 3.69. The molecule has 0 radical (unpaired) electrons. The van der Waals surface area contributed by atoms with Gasteiger partial charge in [0, 0.05) is 13.1 Å². The monoisotopic (exact) mass is 301 g/mol. The van der Waals surface area contributed by atoms with E-state index in [9.17, 15) is 4.79 Å². The molecular weight excluding hydrogens is 282 g/mol. The molecule has 1 aromatic heterocycles. The first-order valence-corrected chi connectivity index (χ1v) is 8.06. The quantitative estimate of drug-likeness (QED) is 0.852. The number of nitrogens with two attached hydrogens (primary N) is 1. The lowest BCUT2D eigenvalue weighted by Gasteiger charge is -2.27. The predicted octanol–water partition coefficient (Wildman–Crippen LogP) is 3.57. The number of nitrogen functional groups attached to an aromatic ring is 1. The number of thiophene rings is 1. The molecule has 2 aromatic rings. The Labute approximate surface area is 128 Å². The van der Waals surface area contributed by atoms with E-state index in [-0.39, 0.29) is 5.91 Å². The maximum atomic E-state index is 12.3. The molecule has 21 heavy (non-hydrogen) atoms. The maximum Gasteiger partial charge on any atom is 0.265 e. The minimum atomic E-state index is -0.0961. The molecular formula is C16H19N3OS. The molecule has 4 nitrogen and oxygen atoms in total. The summed E-state index contributed by atoms with van der Waals surface area (Å²) in [5, 5.41) is 4.05. The summed E-state index contributed by atoms with van der Waals surface area (Å²) in [5.41, 5.74) is 7.09. The van der Waals surface area contributed by atoms with Crippen molar-refractivity contribution in [3.05, 3.63) is 41.3 Å². The first kappa shape index (κ1) is 13.9. The normalized spacial score (nSPS) is 15.0. The molecule has 0 atom stereocenters. The summed E-state index contributed by atoms with van der Waals surface area (Å²) in [4.78, 5) is 15.4. The molecule has 1 fully saturated rings. The zero-order chi connectivity index (χ0) is 14.7. The number of amides is 1. The number of nitrogens with zero attached hydrogens (tertiary/aromatic N) is 1. The summed E-state index contributed by atoms with van der Waals surface area (Å²) in [6, 6.07) is 11.2. The summed E-state index contributed by atoms with van der Waals surface area (Å²) < 4.78 is 0. The topological polar surface area (TPSA) is 58.4 Å². The van der Waals surface area contributed by atoms with Crippen LogP contribution in [-0.2, 0) is 0 Å². The van der Waals surface area contributed by atoms with Crippen molar-refractivity contribution in [1.82, 2.24) is 0 Å². The molecule has 1 aliphatic heterocycles. The van der Waals surface area contributed by atoms with E-state index in [2.05, 4.69) is 10.2 Å². The first-order chi connectivity index (χ1) is 10.2. The number of rotatable bonds is 3. The Morgan fingerprint density at radius 3 is 2.62 bits per heavy atom. The van der Waals surface area contributed by atoms with Gasteiger partial charge in [0.25, 0.3) is 5.91 Å². The van der Waals surface area contributed by atoms with Gasteiger partial charge in [0.1, 0.15) is 0 Å². The Morgan fingerprint density at radius 1 is 1.10 bits per heavy atom. The van der Waals surface area contributed by atoms with Crippen LogP contribution in [0.15, 0.2) is 36.4 Å². The predicted molar refractivity (Wildman–Crippen MR) is 89.2 cm³/mol. The van der Waals surface area contributed by atoms with E-state index < -0.39 is 0 Å². The van der Waals surface area contributed by atoms with E-state index in [1.165, 1.54) is 24.3 Å². The second-order valence-electron chi connectivity index (χ2n) is 5.23. The standard InChI is InChI=1S/C16H19N3OS/c17-12-6-2-3-7-13(12)18-16(20)14-8-9-15(21-14)19-10-4-1-5-11-19/h2-3,6-9H,1,4-5,10-11,17H2,(H,18,20). The first-order valence-electron chi connectivity index (χ1n) is 7.25. The number of nitrogens with one attached hydrogen (secondary N) is 1. The van der Waals surface area contributed by atoms with Crippen LogP contribution in [0.4, 0.5) is 16.4 Å². The summed E-state index contributed by atoms with van der Waals surface area (Å²) in [6.45, 7) is 2.18. The van der Waals surface area contributed by atoms with Crippen molar-refractivity contribution >= 4 is 33.6 Å². The zero-order valence-corrected chi connectivity index (χ0v) is 12.7. The fraction of sp³-hybridized carbons (Fsp3) is 0.312. The Kier molecular flexibility index (Phi) is 4.10. The Hall–Kier alpha value is -2.01. The molecule has 1 aliphatic rings. The molecule has 5 heteroatoms. The van der Waals surface area contributed by atoms with Crippen molar-refractivity contribution < 1.29 is 4.79 Å². The van der Waals surface area contributed by atoms with Gasteiger partial charge in [-0.1, -0.05) is 12.1 Å². The van der Waals surface area contributed by atoms with Gasteiger partial charge in [0.2, 0.25) is 0 Å². The molecule has 3 N–H and O–H groups in total. The smallest absolute Gasteiger partial charge is 0.265 e. The van der Waals surface area contributed by atoms with Crippen LogP contribution in [0, 0.1) is 0 Å². The van der Waals surface area contributed by atoms with Gasteiger partial charge in [-0.2, -0.15) is 0 Å². The van der Waals surface area contributed by atoms with Crippen molar-refractivity contribution in [3.8, 4) is 0 Å². The molecule has 3 rings (SSSR count). The number of carbonyl (C=O) groups excluding carboxylic acids is 1. The molecule has 1 aromatic carbocycles. The van der Waals surface area contributed by atoms with Crippen molar-refractivity contribution in [3.63, 3.8) is 0 Å². The van der Waals surface area contributed by atoms with Gasteiger partial charge in [-0.25, -0.2) is 0 Å². The number of anilines is 3. The van der Waals surface area contributed by atoms with Crippen molar-refractivity contribution in [2.75, 3.05) is 29.0 Å². The Bertz CT molecular complexity index is 632. The summed E-state index contributed by atoms with van der Waals surface area (Å²) >= 11 is 1.55. The van der Waals surface area contributed by atoms with Crippen LogP contribution in [0.25, 0.3) is 0 Å². The van der Waals surface area contributed by atoms with Gasteiger partial charge in [-0.15, -0.1) is 11.3 Å². The minimum absolute atomic E-state index is 0.0961. The molecule has 0 bridgehead atoms. The van der Waals surface area contributed by atoms with Crippen LogP contribution >= 0.6 is 11.3 Å². The number of benzene rings is 1. The molecule has 0 saturated carbocycles. The summed E-state index contributed by atoms with van der Waals surface area (Å²) in [7, 11) is 0. The van der Waals surface area contributed by atoms with Crippen LogP contribution in [0.3, 0.4) is 0 Å². The lowest BCUT2D eigenvalue weighted by atomic mass is 10.1. The fourth-order valence-electron chi connectivity index (χ4n) is 2.53. The van der Waals surface area contributed by atoms with E-state index in [4.69, 9.17) is 5.73 Å². The van der Waals surface area contributed by atoms with Gasteiger partial charge in [-0.3, -0.25) is 4.79 Å². The van der Waals surface area contributed by atoms with Crippen LogP contribution in [0.5, 0.6) is 0 Å². The summed E-state index contributed by atoms with van der Waals surface area (Å²) in [6.07, 6.45) is 3.78. The number of piperidine rings is 1. The van der Waals surface area contributed by atoms with E-state index in [0.717, 1.165) is 18.0 Å². The summed E-state index contributed by atoms with van der Waals surface area (Å²) in [5.74, 6) is -0.0961. The Morgan fingerprint density at radius 2 is 1.86 bits per heavy atom. The molecule has 0 spiro atoms. The fourth-order valence-corrected chi connectivity index (χ4v) is 3.48. The van der Waals surface area contributed by atoms with Crippen molar-refractivity contribution in [2.24, 2.45) is 0 Å². The largest absolute Gasteiger partial charge is 0.397 e. The second kappa shape index (κ2) is 6.18. The van der Waals surface area contributed by atoms with Crippen LogP contribution in [-0.4, -0.2) is 19.0 Å². The third kappa shape index (κ3) is 3.19. The SMILES string of the molecule is Nc1ccccc1NC(=O)c1ccc(N2CCCCC2)s1. The van der Waals surface area contributed by atoms with Gasteiger partial charge in [-0.05, 0) is 43.5 Å². The third-order valence-corrected chi connectivity index (χ3v) is 4.84. The minimum Gasteiger partial charge on any atom is -0.397 e. The molecule has 1 saturated heterocycles. The number of hydrogen-bond acceptors (Lipinski definition) is 4. The van der Waals surface area contributed by atoms with E-state index in [1.54, 1.807) is 17.4 Å². The lowest BCUT2D eigenvalue weighted by molar-refractivity contribution is 0.103. The molecule has 2 heterocycles. The van der Waals surface area contributed by atoms with Crippen molar-refractivity contribution in [1.29, 1.82) is 0 Å². The average molecular weight is 301 g/mol. The number of carbonyl (C=O) groups is 1. The molecule has 0 unspecified atom stereocenters. The van der Waals surface area contributed by atoms with Crippen LogP contribution in [0.2, 0.25) is 0 Å². The highest BCUT2D eigenvalue weighted by Gasteiger charge is 2.16. The molecule has 110 valence electrons. The van der Waals surface area contributed by atoms with E-state index >= 15 is 0 Å². The average Bonchev–Trinajstić information content (AvgIpc) is 3.00. The van der Waals surface area contributed by atoms with Crippen molar-refractivity contribution in [2.45, 2.75) is 19.3 Å². The number of hydrogen-bond donors (Lipinski definition) is 2. The highest BCUT2D eigenvalue weighted by atomic mass is 32.1. The highest BCUT2D eigenvalue weighted by Crippen LogP contribution is 2.29. The van der Waals surface area contributed by atoms with Gasteiger partial charge >= 0.3 is 0 Å². The van der Waals surface area contributed by atoms with Gasteiger partial charge < -0.3 is 16.0 Å². The molecule has 1 amide bonds. The maximum absolute atomic E-state index is 12.3. The van der Waals surface area contributed by atoms with E-state index in [1.807, 2.05) is 30.3 Å². The molecule has 0 aliphatic carbocycles. The van der Waals surface area contributed by atoms with E-state index in [0.29, 0.717) is 11.4 Å². The number of para-hydroxylation sites is 2. The second-order valence-corrected chi connectivity index (χ2v) is 6.29. The Balaban J connectivity index is 1.71.